The summed E-state index contributed by atoms with van der Waals surface area (Å²) in [4.78, 5) is 41.9. The number of imide groups is 2. The zero-order valence-corrected chi connectivity index (χ0v) is 18.5. The van der Waals surface area contributed by atoms with E-state index in [0.717, 1.165) is 26.5 Å². The standard InChI is InChI=1S/C24H27N3O5/c1-4-11-26-22(28)23(29)27(24(26)30)15-25-12-10-17-13-19(31-2)20(32-3)14-18(17)21(25)16-8-6-5-7-9-16/h5-9,13-14,21H,4,10-12,15H2,1-3H3. The molecule has 4 amide bonds. The average Bonchev–Trinajstić information content (AvgIpc) is 3.02. The number of carbonyl (C=O) groups excluding carboxylic acids is 3. The van der Waals surface area contributed by atoms with Gasteiger partial charge in [-0.15, -0.1) is 0 Å². The summed E-state index contributed by atoms with van der Waals surface area (Å²) >= 11 is 0. The predicted octanol–water partition coefficient (Wildman–Crippen LogP) is 2.81. The summed E-state index contributed by atoms with van der Waals surface area (Å²) in [5.74, 6) is -0.242. The summed E-state index contributed by atoms with van der Waals surface area (Å²) in [5.41, 5.74) is 3.17. The summed E-state index contributed by atoms with van der Waals surface area (Å²) in [6, 6.07) is 13.1. The van der Waals surface area contributed by atoms with E-state index in [2.05, 4.69) is 4.90 Å². The van der Waals surface area contributed by atoms with Crippen LogP contribution < -0.4 is 9.47 Å². The van der Waals surface area contributed by atoms with Crippen LogP contribution in [0.3, 0.4) is 0 Å². The quantitative estimate of drug-likeness (QED) is 0.490. The molecule has 2 aliphatic heterocycles. The molecule has 0 bridgehead atoms. The van der Waals surface area contributed by atoms with Crippen LogP contribution in [0.5, 0.6) is 11.5 Å². The Hall–Kier alpha value is -3.39. The Bertz CT molecular complexity index is 1040. The Labute approximate surface area is 187 Å². The molecule has 1 fully saturated rings. The second-order valence-electron chi connectivity index (χ2n) is 7.90. The Morgan fingerprint density at radius 2 is 1.59 bits per heavy atom. The highest BCUT2D eigenvalue weighted by molar-refractivity contribution is 6.44. The average molecular weight is 437 g/mol. The smallest absolute Gasteiger partial charge is 0.335 e. The van der Waals surface area contributed by atoms with Gasteiger partial charge in [-0.2, -0.15) is 0 Å². The number of fused-ring (bicyclic) bond motifs is 1. The summed E-state index contributed by atoms with van der Waals surface area (Å²) in [6.45, 7) is 2.75. The summed E-state index contributed by atoms with van der Waals surface area (Å²) in [5, 5.41) is 0. The van der Waals surface area contributed by atoms with Gasteiger partial charge in [-0.1, -0.05) is 37.3 Å². The molecular weight excluding hydrogens is 410 g/mol. The van der Waals surface area contributed by atoms with Crippen LogP contribution in [-0.2, 0) is 16.0 Å². The highest BCUT2D eigenvalue weighted by Crippen LogP contribution is 2.41. The van der Waals surface area contributed by atoms with Crippen molar-refractivity contribution < 1.29 is 23.9 Å². The first-order valence-corrected chi connectivity index (χ1v) is 10.7. The second-order valence-corrected chi connectivity index (χ2v) is 7.90. The molecule has 8 heteroatoms. The molecule has 2 aromatic rings. The number of hydrogen-bond acceptors (Lipinski definition) is 6. The highest BCUT2D eigenvalue weighted by atomic mass is 16.5. The number of amides is 4. The van der Waals surface area contributed by atoms with Gasteiger partial charge in [-0.25, -0.2) is 9.69 Å². The van der Waals surface area contributed by atoms with Gasteiger partial charge in [-0.05, 0) is 41.7 Å². The topological polar surface area (TPSA) is 79.4 Å². The number of urea groups is 1. The fourth-order valence-corrected chi connectivity index (χ4v) is 4.45. The Balaban J connectivity index is 1.72. The van der Waals surface area contributed by atoms with Crippen LogP contribution in [0.15, 0.2) is 42.5 Å². The lowest BCUT2D eigenvalue weighted by Gasteiger charge is -2.39. The molecule has 0 radical (unpaired) electrons. The molecular formula is C24H27N3O5. The zero-order valence-electron chi connectivity index (χ0n) is 18.5. The van der Waals surface area contributed by atoms with Gasteiger partial charge in [0.15, 0.2) is 11.5 Å². The van der Waals surface area contributed by atoms with E-state index in [0.29, 0.717) is 30.9 Å². The van der Waals surface area contributed by atoms with E-state index < -0.39 is 17.8 Å². The van der Waals surface area contributed by atoms with Gasteiger partial charge in [0.2, 0.25) is 0 Å². The van der Waals surface area contributed by atoms with Crippen LogP contribution in [-0.4, -0.2) is 66.5 Å². The molecule has 4 rings (SSSR count). The third-order valence-electron chi connectivity index (χ3n) is 5.99. The van der Waals surface area contributed by atoms with Crippen LogP contribution in [0.25, 0.3) is 0 Å². The van der Waals surface area contributed by atoms with Crippen LogP contribution in [0.1, 0.15) is 36.1 Å². The SMILES string of the molecule is CCCN1C(=O)C(=O)N(CN2CCc3cc(OC)c(OC)cc3C2c2ccccc2)C1=O. The molecule has 1 unspecified atom stereocenters. The minimum atomic E-state index is -0.770. The first-order chi connectivity index (χ1) is 15.5. The predicted molar refractivity (Wildman–Crippen MR) is 117 cm³/mol. The van der Waals surface area contributed by atoms with Crippen molar-refractivity contribution in [1.82, 2.24) is 14.7 Å². The molecule has 2 aromatic carbocycles. The van der Waals surface area contributed by atoms with Crippen molar-refractivity contribution in [2.24, 2.45) is 0 Å². The van der Waals surface area contributed by atoms with Gasteiger partial charge >= 0.3 is 17.8 Å². The lowest BCUT2D eigenvalue weighted by molar-refractivity contribution is -0.144. The zero-order chi connectivity index (χ0) is 22.8. The van der Waals surface area contributed by atoms with Crippen LogP contribution in [0.2, 0.25) is 0 Å². The molecule has 1 saturated heterocycles. The van der Waals surface area contributed by atoms with Crippen molar-refractivity contribution in [2.45, 2.75) is 25.8 Å². The van der Waals surface area contributed by atoms with Gasteiger partial charge < -0.3 is 9.47 Å². The van der Waals surface area contributed by atoms with Crippen molar-refractivity contribution in [2.75, 3.05) is 34.0 Å². The minimum Gasteiger partial charge on any atom is -0.493 e. The Morgan fingerprint density at radius 1 is 0.938 bits per heavy atom. The normalized spacial score (nSPS) is 18.8. The lowest BCUT2D eigenvalue weighted by atomic mass is 9.88. The largest absolute Gasteiger partial charge is 0.493 e. The summed E-state index contributed by atoms with van der Waals surface area (Å²) < 4.78 is 11.0. The molecule has 0 saturated carbocycles. The van der Waals surface area contributed by atoms with E-state index in [1.165, 1.54) is 0 Å². The minimum absolute atomic E-state index is 0.0387. The number of hydrogen-bond donors (Lipinski definition) is 0. The molecule has 168 valence electrons. The molecule has 0 N–H and O–H groups in total. The van der Waals surface area contributed by atoms with Gasteiger partial charge in [-0.3, -0.25) is 19.4 Å². The highest BCUT2D eigenvalue weighted by Gasteiger charge is 2.45. The lowest BCUT2D eigenvalue weighted by Crippen LogP contribution is -2.46. The van der Waals surface area contributed by atoms with E-state index in [1.807, 2.05) is 49.4 Å². The van der Waals surface area contributed by atoms with Gasteiger partial charge in [0.25, 0.3) is 0 Å². The van der Waals surface area contributed by atoms with Gasteiger partial charge in [0.05, 0.1) is 26.9 Å². The maximum Gasteiger partial charge on any atom is 0.335 e. The second kappa shape index (κ2) is 9.00. The monoisotopic (exact) mass is 437 g/mol. The van der Waals surface area contributed by atoms with Crippen molar-refractivity contribution in [1.29, 1.82) is 0 Å². The van der Waals surface area contributed by atoms with Crippen molar-refractivity contribution >= 4 is 17.8 Å². The van der Waals surface area contributed by atoms with E-state index in [4.69, 9.17) is 9.47 Å². The number of nitrogens with zero attached hydrogens (tertiary/aromatic N) is 3. The number of rotatable bonds is 7. The first kappa shape index (κ1) is 21.8. The molecule has 0 spiro atoms. The Kier molecular flexibility index (Phi) is 6.14. The molecule has 2 aliphatic rings. The van der Waals surface area contributed by atoms with Crippen molar-refractivity contribution in [3.8, 4) is 11.5 Å². The number of methoxy groups -OCH3 is 2. The number of ether oxygens (including phenoxy) is 2. The fourth-order valence-electron chi connectivity index (χ4n) is 4.45. The van der Waals surface area contributed by atoms with E-state index in [9.17, 15) is 14.4 Å². The number of benzene rings is 2. The fraction of sp³-hybridized carbons (Fsp3) is 0.375. The van der Waals surface area contributed by atoms with Crippen molar-refractivity contribution in [3.05, 3.63) is 59.2 Å². The third-order valence-corrected chi connectivity index (χ3v) is 5.99. The van der Waals surface area contributed by atoms with Crippen LogP contribution in [0.4, 0.5) is 4.79 Å². The van der Waals surface area contributed by atoms with Gasteiger partial charge in [0, 0.05) is 13.1 Å². The molecule has 1 atom stereocenters. The third kappa shape index (κ3) is 3.71. The van der Waals surface area contributed by atoms with Gasteiger partial charge in [0.1, 0.15) is 0 Å². The summed E-state index contributed by atoms with van der Waals surface area (Å²) in [7, 11) is 3.20. The van der Waals surface area contributed by atoms with E-state index in [-0.39, 0.29) is 19.3 Å². The van der Waals surface area contributed by atoms with Crippen LogP contribution >= 0.6 is 0 Å². The number of carbonyl (C=O) groups is 3. The van der Waals surface area contributed by atoms with Crippen molar-refractivity contribution in [3.63, 3.8) is 0 Å². The maximum absolute atomic E-state index is 12.8. The molecule has 2 heterocycles. The molecule has 32 heavy (non-hydrogen) atoms. The van der Waals surface area contributed by atoms with E-state index in [1.54, 1.807) is 14.2 Å². The maximum atomic E-state index is 12.8. The van der Waals surface area contributed by atoms with E-state index >= 15 is 0 Å². The molecule has 0 aromatic heterocycles. The summed E-state index contributed by atoms with van der Waals surface area (Å²) in [6.07, 6.45) is 1.31. The van der Waals surface area contributed by atoms with Crippen LogP contribution in [0, 0.1) is 0 Å². The Morgan fingerprint density at radius 3 is 2.25 bits per heavy atom. The first-order valence-electron chi connectivity index (χ1n) is 10.7. The molecule has 0 aliphatic carbocycles. The molecule has 8 nitrogen and oxygen atoms in total.